The van der Waals surface area contributed by atoms with E-state index in [0.717, 1.165) is 12.2 Å². The lowest BCUT2D eigenvalue weighted by molar-refractivity contribution is 0.0601. The highest BCUT2D eigenvalue weighted by Gasteiger charge is 2.18. The van der Waals surface area contributed by atoms with Crippen molar-refractivity contribution in [2.24, 2.45) is 0 Å². The molecule has 0 aliphatic heterocycles. The Morgan fingerprint density at radius 1 is 1.47 bits per heavy atom. The number of nitrogen functional groups attached to an aromatic ring is 1. The molecule has 0 heterocycles. The molecule has 0 saturated carbocycles. The van der Waals surface area contributed by atoms with Gasteiger partial charge >= 0.3 is 5.97 Å². The second kappa shape index (κ2) is 5.57. The smallest absolute Gasteiger partial charge is 0.340 e. The lowest BCUT2D eigenvalue weighted by Gasteiger charge is -2.29. The first-order valence-electron chi connectivity index (χ1n) is 5.75. The molecule has 4 nitrogen and oxygen atoms in total. The van der Waals surface area contributed by atoms with Gasteiger partial charge in [-0.1, -0.05) is 0 Å². The fourth-order valence-corrected chi connectivity index (χ4v) is 1.89. The lowest BCUT2D eigenvalue weighted by Crippen LogP contribution is -2.31. The van der Waals surface area contributed by atoms with Gasteiger partial charge < -0.3 is 15.4 Å². The highest BCUT2D eigenvalue weighted by atomic mass is 16.5. The van der Waals surface area contributed by atoms with Crippen molar-refractivity contribution in [1.82, 2.24) is 0 Å². The molecule has 4 heteroatoms. The van der Waals surface area contributed by atoms with Crippen molar-refractivity contribution in [2.45, 2.75) is 26.8 Å². The molecule has 1 aromatic carbocycles. The Morgan fingerprint density at radius 2 is 2.12 bits per heavy atom. The molecule has 17 heavy (non-hydrogen) atoms. The van der Waals surface area contributed by atoms with Crippen LogP contribution in [0.4, 0.5) is 11.4 Å². The molecule has 0 spiro atoms. The van der Waals surface area contributed by atoms with Gasteiger partial charge in [0, 0.05) is 18.3 Å². The summed E-state index contributed by atoms with van der Waals surface area (Å²) in [5.74, 6) is -0.355. The van der Waals surface area contributed by atoms with Crippen LogP contribution in [0.25, 0.3) is 0 Å². The maximum Gasteiger partial charge on any atom is 0.340 e. The minimum Gasteiger partial charge on any atom is -0.465 e. The molecule has 0 radical (unpaired) electrons. The number of carbonyl (C=O) groups is 1. The normalized spacial score (nSPS) is 10.4. The summed E-state index contributed by atoms with van der Waals surface area (Å²) in [7, 11) is 1.38. The maximum absolute atomic E-state index is 11.7. The number of esters is 1. The molecule has 1 rings (SSSR count). The minimum atomic E-state index is -0.355. The van der Waals surface area contributed by atoms with Crippen LogP contribution in [-0.2, 0) is 4.74 Å². The number of ether oxygens (including phenoxy) is 1. The summed E-state index contributed by atoms with van der Waals surface area (Å²) in [4.78, 5) is 13.9. The zero-order chi connectivity index (χ0) is 13.0. The first-order valence-corrected chi connectivity index (χ1v) is 5.75. The van der Waals surface area contributed by atoms with Crippen molar-refractivity contribution in [3.8, 4) is 0 Å². The van der Waals surface area contributed by atoms with E-state index in [1.54, 1.807) is 12.1 Å². The largest absolute Gasteiger partial charge is 0.465 e. The number of anilines is 2. The monoisotopic (exact) mass is 236 g/mol. The average molecular weight is 236 g/mol. The van der Waals surface area contributed by atoms with E-state index in [-0.39, 0.29) is 5.97 Å². The third-order valence-electron chi connectivity index (χ3n) is 2.70. The third kappa shape index (κ3) is 2.90. The zero-order valence-corrected chi connectivity index (χ0v) is 10.9. The van der Waals surface area contributed by atoms with Gasteiger partial charge in [0.2, 0.25) is 0 Å². The molecular weight excluding hydrogens is 216 g/mol. The van der Waals surface area contributed by atoms with Crippen LogP contribution in [0.3, 0.4) is 0 Å². The van der Waals surface area contributed by atoms with Crippen LogP contribution in [0.1, 0.15) is 31.1 Å². The van der Waals surface area contributed by atoms with Crippen molar-refractivity contribution < 1.29 is 9.53 Å². The Hall–Kier alpha value is -1.71. The molecule has 94 valence electrons. The van der Waals surface area contributed by atoms with Crippen LogP contribution in [-0.4, -0.2) is 25.7 Å². The summed E-state index contributed by atoms with van der Waals surface area (Å²) in [6.45, 7) is 7.05. The Morgan fingerprint density at radius 3 is 2.59 bits per heavy atom. The molecule has 0 atom stereocenters. The molecule has 0 amide bonds. The van der Waals surface area contributed by atoms with E-state index in [2.05, 4.69) is 25.7 Å². The fourth-order valence-electron chi connectivity index (χ4n) is 1.89. The Balaban J connectivity index is 3.26. The fraction of sp³-hybridized carbons (Fsp3) is 0.462. The zero-order valence-electron chi connectivity index (χ0n) is 10.9. The Bertz CT molecular complexity index is 402. The van der Waals surface area contributed by atoms with Crippen LogP contribution < -0.4 is 10.6 Å². The van der Waals surface area contributed by atoms with E-state index < -0.39 is 0 Å². The quantitative estimate of drug-likeness (QED) is 0.643. The van der Waals surface area contributed by atoms with Crippen LogP contribution in [0, 0.1) is 0 Å². The van der Waals surface area contributed by atoms with Crippen molar-refractivity contribution in [3.05, 3.63) is 23.8 Å². The van der Waals surface area contributed by atoms with E-state index in [0.29, 0.717) is 17.3 Å². The molecule has 0 saturated heterocycles. The summed E-state index contributed by atoms with van der Waals surface area (Å²) in [6.07, 6.45) is 0. The minimum absolute atomic E-state index is 0.312. The van der Waals surface area contributed by atoms with Gasteiger partial charge in [0.25, 0.3) is 0 Å². The third-order valence-corrected chi connectivity index (χ3v) is 2.70. The number of hydrogen-bond acceptors (Lipinski definition) is 4. The standard InChI is InChI=1S/C13H20N2O2/c1-5-15(9(2)3)12-7-6-10(14)8-11(12)13(16)17-4/h6-9H,5,14H2,1-4H3. The van der Waals surface area contributed by atoms with Gasteiger partial charge in [-0.15, -0.1) is 0 Å². The van der Waals surface area contributed by atoms with Crippen molar-refractivity contribution >= 4 is 17.3 Å². The van der Waals surface area contributed by atoms with Gasteiger partial charge in [0.05, 0.1) is 18.4 Å². The van der Waals surface area contributed by atoms with Gasteiger partial charge in [-0.25, -0.2) is 4.79 Å². The molecule has 1 aromatic rings. The van der Waals surface area contributed by atoms with E-state index in [4.69, 9.17) is 10.5 Å². The average Bonchev–Trinajstić information content (AvgIpc) is 2.30. The highest BCUT2D eigenvalue weighted by Crippen LogP contribution is 2.25. The number of nitrogens with two attached hydrogens (primary N) is 1. The van der Waals surface area contributed by atoms with Crippen LogP contribution >= 0.6 is 0 Å². The number of carbonyl (C=O) groups excluding carboxylic acids is 1. The molecule has 0 bridgehead atoms. The first-order chi connectivity index (χ1) is 8.01. The number of nitrogens with zero attached hydrogens (tertiary/aromatic N) is 1. The van der Waals surface area contributed by atoms with Gasteiger partial charge in [0.1, 0.15) is 0 Å². The highest BCUT2D eigenvalue weighted by molar-refractivity contribution is 5.97. The number of hydrogen-bond donors (Lipinski definition) is 1. The topological polar surface area (TPSA) is 55.6 Å². The van der Waals surface area contributed by atoms with E-state index in [9.17, 15) is 4.79 Å². The number of benzene rings is 1. The Kier molecular flexibility index (Phi) is 4.37. The SMILES string of the molecule is CCN(c1ccc(N)cc1C(=O)OC)C(C)C. The molecule has 0 aliphatic carbocycles. The van der Waals surface area contributed by atoms with Crippen molar-refractivity contribution in [1.29, 1.82) is 0 Å². The van der Waals surface area contributed by atoms with Gasteiger partial charge in [-0.3, -0.25) is 0 Å². The molecule has 0 fully saturated rings. The van der Waals surface area contributed by atoms with E-state index in [1.165, 1.54) is 7.11 Å². The number of rotatable bonds is 4. The van der Waals surface area contributed by atoms with Gasteiger partial charge in [-0.2, -0.15) is 0 Å². The van der Waals surface area contributed by atoms with Crippen LogP contribution in [0.2, 0.25) is 0 Å². The molecule has 0 unspecified atom stereocenters. The predicted molar refractivity (Wildman–Crippen MR) is 70.3 cm³/mol. The van der Waals surface area contributed by atoms with Crippen molar-refractivity contribution in [3.63, 3.8) is 0 Å². The molecular formula is C13H20N2O2. The number of methoxy groups -OCH3 is 1. The van der Waals surface area contributed by atoms with Crippen LogP contribution in [0.5, 0.6) is 0 Å². The summed E-state index contributed by atoms with van der Waals surface area (Å²) < 4.78 is 4.79. The first kappa shape index (κ1) is 13.4. The van der Waals surface area contributed by atoms with Gasteiger partial charge in [-0.05, 0) is 39.0 Å². The summed E-state index contributed by atoms with van der Waals surface area (Å²) in [5, 5.41) is 0. The van der Waals surface area contributed by atoms with E-state index >= 15 is 0 Å². The van der Waals surface area contributed by atoms with Crippen molar-refractivity contribution in [2.75, 3.05) is 24.3 Å². The Labute approximate surface area is 102 Å². The van der Waals surface area contributed by atoms with E-state index in [1.807, 2.05) is 6.07 Å². The summed E-state index contributed by atoms with van der Waals surface area (Å²) in [5.41, 5.74) is 7.66. The maximum atomic E-state index is 11.7. The summed E-state index contributed by atoms with van der Waals surface area (Å²) in [6, 6.07) is 5.64. The second-order valence-electron chi connectivity index (χ2n) is 4.15. The molecule has 2 N–H and O–H groups in total. The second-order valence-corrected chi connectivity index (χ2v) is 4.15. The van der Waals surface area contributed by atoms with Crippen LogP contribution in [0.15, 0.2) is 18.2 Å². The predicted octanol–water partition coefficient (Wildman–Crippen LogP) is 2.29. The lowest BCUT2D eigenvalue weighted by atomic mass is 10.1. The van der Waals surface area contributed by atoms with Gasteiger partial charge in [0.15, 0.2) is 0 Å². The summed E-state index contributed by atoms with van der Waals surface area (Å²) >= 11 is 0. The molecule has 0 aliphatic rings. The molecule has 0 aromatic heterocycles.